The van der Waals surface area contributed by atoms with Gasteiger partial charge >= 0.3 is 0 Å². The molecule has 7 heteroatoms. The minimum atomic E-state index is -0.669. The van der Waals surface area contributed by atoms with Crippen molar-refractivity contribution >= 4 is 29.1 Å². The van der Waals surface area contributed by atoms with Gasteiger partial charge < -0.3 is 19.8 Å². The van der Waals surface area contributed by atoms with Gasteiger partial charge in [0.05, 0.1) is 25.6 Å². The van der Waals surface area contributed by atoms with Gasteiger partial charge in [-0.1, -0.05) is 23.7 Å². The molecule has 1 fully saturated rings. The molecule has 0 spiro atoms. The molecule has 0 amide bonds. The molecule has 0 radical (unpaired) electrons. The summed E-state index contributed by atoms with van der Waals surface area (Å²) in [7, 11) is 0. The predicted octanol–water partition coefficient (Wildman–Crippen LogP) is 4.96. The number of nitrogen functional groups attached to an aromatic ring is 1. The molecule has 158 valence electrons. The number of imidazole rings is 1. The molecule has 2 N–H and O–H groups in total. The molecule has 4 rings (SSSR count). The van der Waals surface area contributed by atoms with Crippen LogP contribution < -0.4 is 5.73 Å². The summed E-state index contributed by atoms with van der Waals surface area (Å²) in [6.45, 7) is 3.25. The van der Waals surface area contributed by atoms with Crippen molar-refractivity contribution in [1.82, 2.24) is 9.55 Å². The van der Waals surface area contributed by atoms with Crippen LogP contribution in [0.25, 0.3) is 0 Å². The molecule has 1 aliphatic rings. The van der Waals surface area contributed by atoms with E-state index < -0.39 is 5.79 Å². The number of aryl methyl sites for hydroxylation is 2. The van der Waals surface area contributed by atoms with E-state index in [9.17, 15) is 0 Å². The third-order valence-corrected chi connectivity index (χ3v) is 6.67. The number of anilines is 1. The zero-order valence-corrected chi connectivity index (χ0v) is 18.5. The molecule has 1 aliphatic heterocycles. The fourth-order valence-electron chi connectivity index (χ4n) is 3.54. The number of hydrogen-bond acceptors (Lipinski definition) is 5. The molecule has 0 unspecified atom stereocenters. The van der Waals surface area contributed by atoms with Gasteiger partial charge in [-0.25, -0.2) is 4.98 Å². The van der Waals surface area contributed by atoms with E-state index in [0.29, 0.717) is 13.2 Å². The van der Waals surface area contributed by atoms with Crippen molar-refractivity contribution in [2.75, 3.05) is 18.1 Å². The number of benzene rings is 2. The molecule has 2 aromatic carbocycles. The van der Waals surface area contributed by atoms with Crippen LogP contribution in [0.2, 0.25) is 5.02 Å². The lowest BCUT2D eigenvalue weighted by Gasteiger charge is -2.29. The van der Waals surface area contributed by atoms with Gasteiger partial charge in [0.2, 0.25) is 0 Å². The quantitative estimate of drug-likeness (QED) is 0.393. The summed E-state index contributed by atoms with van der Waals surface area (Å²) >= 11 is 7.78. The largest absolute Gasteiger partial charge is 0.399 e. The van der Waals surface area contributed by atoms with Gasteiger partial charge in [-0.05, 0) is 55.3 Å². The molecule has 0 saturated carbocycles. The van der Waals surface area contributed by atoms with Crippen LogP contribution in [0.5, 0.6) is 0 Å². The maximum absolute atomic E-state index is 6.53. The van der Waals surface area contributed by atoms with Gasteiger partial charge in [-0.15, -0.1) is 11.8 Å². The number of hydrogen-bond donors (Lipinski definition) is 1. The lowest BCUT2D eigenvalue weighted by Crippen LogP contribution is -2.37. The standard InChI is InChI=1S/C23H26ClN3O2S/c1-17-12-26-16-27(17)15-23(11-10-18-2-4-19(24)5-3-18)28-13-21(29-23)14-30-22-8-6-20(25)7-9-22/h2-9,12,16,21H,10-11,13-15,25H2,1H3/t21-,23-/m0/s1. The molecular weight excluding hydrogens is 418 g/mol. The Balaban J connectivity index is 1.42. The molecule has 3 aromatic rings. The van der Waals surface area contributed by atoms with Crippen LogP contribution >= 0.6 is 23.4 Å². The molecule has 2 heterocycles. The third kappa shape index (κ3) is 5.38. The minimum Gasteiger partial charge on any atom is -0.399 e. The van der Waals surface area contributed by atoms with E-state index in [1.54, 1.807) is 11.8 Å². The van der Waals surface area contributed by atoms with Crippen LogP contribution in [0, 0.1) is 6.92 Å². The molecule has 5 nitrogen and oxygen atoms in total. The summed E-state index contributed by atoms with van der Waals surface area (Å²) in [6.07, 6.45) is 5.33. The smallest absolute Gasteiger partial charge is 0.187 e. The number of nitrogens with two attached hydrogens (primary N) is 1. The Hall–Kier alpha value is -1.99. The van der Waals surface area contributed by atoms with Crippen LogP contribution in [-0.4, -0.2) is 33.8 Å². The van der Waals surface area contributed by atoms with Crippen LogP contribution in [0.1, 0.15) is 17.7 Å². The summed E-state index contributed by atoms with van der Waals surface area (Å²) in [4.78, 5) is 5.43. The van der Waals surface area contributed by atoms with Gasteiger partial charge in [0.1, 0.15) is 0 Å². The highest BCUT2D eigenvalue weighted by Gasteiger charge is 2.41. The van der Waals surface area contributed by atoms with E-state index in [2.05, 4.69) is 21.7 Å². The van der Waals surface area contributed by atoms with Crippen molar-refractivity contribution in [2.24, 2.45) is 0 Å². The van der Waals surface area contributed by atoms with E-state index in [1.165, 1.54) is 10.5 Å². The molecule has 30 heavy (non-hydrogen) atoms. The Morgan fingerprint density at radius 1 is 1.20 bits per heavy atom. The zero-order chi connectivity index (χ0) is 21.0. The second-order valence-corrected chi connectivity index (χ2v) is 9.16. The Morgan fingerprint density at radius 2 is 1.97 bits per heavy atom. The van der Waals surface area contributed by atoms with Crippen molar-refractivity contribution in [2.45, 2.75) is 43.1 Å². The van der Waals surface area contributed by atoms with Gasteiger partial charge in [0, 0.05) is 39.7 Å². The molecule has 0 aliphatic carbocycles. The van der Waals surface area contributed by atoms with Crippen LogP contribution in [0.4, 0.5) is 5.69 Å². The number of rotatable bonds is 8. The highest BCUT2D eigenvalue weighted by molar-refractivity contribution is 7.99. The van der Waals surface area contributed by atoms with Gasteiger partial charge in [-0.2, -0.15) is 0 Å². The van der Waals surface area contributed by atoms with Crippen LogP contribution in [0.3, 0.4) is 0 Å². The fraction of sp³-hybridized carbons (Fsp3) is 0.348. The first-order chi connectivity index (χ1) is 14.5. The summed E-state index contributed by atoms with van der Waals surface area (Å²) < 4.78 is 14.9. The van der Waals surface area contributed by atoms with E-state index in [4.69, 9.17) is 26.8 Å². The zero-order valence-electron chi connectivity index (χ0n) is 17.0. The Labute approximate surface area is 186 Å². The van der Waals surface area contributed by atoms with Crippen LogP contribution in [0.15, 0.2) is 66.0 Å². The Morgan fingerprint density at radius 3 is 2.67 bits per heavy atom. The monoisotopic (exact) mass is 443 g/mol. The van der Waals surface area contributed by atoms with Crippen molar-refractivity contribution in [3.63, 3.8) is 0 Å². The number of ether oxygens (including phenoxy) is 2. The maximum atomic E-state index is 6.53. The molecule has 2 atom stereocenters. The first kappa shape index (κ1) is 21.2. The second-order valence-electron chi connectivity index (χ2n) is 7.63. The average molecular weight is 444 g/mol. The molecule has 0 bridgehead atoms. The van der Waals surface area contributed by atoms with Crippen molar-refractivity contribution in [3.8, 4) is 0 Å². The normalized spacial score (nSPS) is 21.2. The number of halogens is 1. The van der Waals surface area contributed by atoms with Crippen molar-refractivity contribution in [1.29, 1.82) is 0 Å². The SMILES string of the molecule is Cc1cncn1C[C@@]1(CCc2ccc(Cl)cc2)OC[C@@H](CSc2ccc(N)cc2)O1. The van der Waals surface area contributed by atoms with Gasteiger partial charge in [0.25, 0.3) is 0 Å². The number of aromatic nitrogens is 2. The minimum absolute atomic E-state index is 0.0293. The topological polar surface area (TPSA) is 62.3 Å². The van der Waals surface area contributed by atoms with Gasteiger partial charge in [-0.3, -0.25) is 0 Å². The number of nitrogens with zero attached hydrogens (tertiary/aromatic N) is 2. The Kier molecular flexibility index (Phi) is 6.68. The summed E-state index contributed by atoms with van der Waals surface area (Å²) in [5.41, 5.74) is 8.86. The highest BCUT2D eigenvalue weighted by atomic mass is 35.5. The summed E-state index contributed by atoms with van der Waals surface area (Å²) in [5, 5.41) is 0.746. The Bertz CT molecular complexity index is 961. The maximum Gasteiger partial charge on any atom is 0.187 e. The van der Waals surface area contributed by atoms with Crippen LogP contribution in [-0.2, 0) is 22.4 Å². The van der Waals surface area contributed by atoms with E-state index >= 15 is 0 Å². The van der Waals surface area contributed by atoms with Crippen molar-refractivity contribution in [3.05, 3.63) is 77.3 Å². The van der Waals surface area contributed by atoms with Gasteiger partial charge in [0.15, 0.2) is 5.79 Å². The highest BCUT2D eigenvalue weighted by Crippen LogP contribution is 2.34. The third-order valence-electron chi connectivity index (χ3n) is 5.27. The summed E-state index contributed by atoms with van der Waals surface area (Å²) in [6, 6.07) is 15.9. The fourth-order valence-corrected chi connectivity index (χ4v) is 4.54. The predicted molar refractivity (Wildman–Crippen MR) is 122 cm³/mol. The molecule has 1 aromatic heterocycles. The van der Waals surface area contributed by atoms with Crippen molar-refractivity contribution < 1.29 is 9.47 Å². The summed E-state index contributed by atoms with van der Waals surface area (Å²) in [5.74, 6) is 0.160. The van der Waals surface area contributed by atoms with E-state index in [0.717, 1.165) is 35.0 Å². The molecule has 1 saturated heterocycles. The van der Waals surface area contributed by atoms with E-state index in [-0.39, 0.29) is 6.10 Å². The lowest BCUT2D eigenvalue weighted by atomic mass is 10.0. The first-order valence-electron chi connectivity index (χ1n) is 10.0. The first-order valence-corrected chi connectivity index (χ1v) is 11.4. The number of thioether (sulfide) groups is 1. The van der Waals surface area contributed by atoms with E-state index in [1.807, 2.05) is 55.8 Å². The average Bonchev–Trinajstić information content (AvgIpc) is 3.34. The molecular formula is C23H26ClN3O2S. The second kappa shape index (κ2) is 9.43. The lowest BCUT2D eigenvalue weighted by molar-refractivity contribution is -0.180.